The number of hydrogen-bond acceptors (Lipinski definition) is 7. The van der Waals surface area contributed by atoms with Gasteiger partial charge in [-0.1, -0.05) is 42.5 Å². The lowest BCUT2D eigenvalue weighted by Gasteiger charge is -2.36. The fourth-order valence-electron chi connectivity index (χ4n) is 6.49. The third-order valence-corrected chi connectivity index (χ3v) is 9.22. The molecule has 5 aromatic rings. The number of nitrogens with two attached hydrogens (primary N) is 1. The van der Waals surface area contributed by atoms with Crippen LogP contribution in [0.4, 0.5) is 16.3 Å². The molecule has 226 valence electrons. The summed E-state index contributed by atoms with van der Waals surface area (Å²) in [6.07, 6.45) is 9.24. The van der Waals surface area contributed by atoms with Gasteiger partial charge < -0.3 is 20.3 Å². The summed E-state index contributed by atoms with van der Waals surface area (Å²) in [6.45, 7) is 6.74. The molecule has 44 heavy (non-hydrogen) atoms. The second kappa shape index (κ2) is 12.5. The molecule has 7 rings (SSSR count). The first kappa shape index (κ1) is 28.2. The lowest BCUT2D eigenvalue weighted by Crippen LogP contribution is -2.49. The standard InChI is InChI=1S/C35H39N7O2/c36-31-8-4-7-29-23-37-34(22-30(29)31)42-16-12-28-21-33(38-24-32(28)42)40-14-10-26(11-15-40)9-13-39-17-19-41(20-18-39)35(43)44-25-27-5-2-1-3-6-27/h1-8,12,16,21-24,26H,9-11,13-15,17-20,25,36H2. The Kier molecular flexibility index (Phi) is 8.02. The molecular weight excluding hydrogens is 550 g/mol. The topological polar surface area (TPSA) is 92.8 Å². The van der Waals surface area contributed by atoms with Gasteiger partial charge in [0.25, 0.3) is 0 Å². The second-order valence-electron chi connectivity index (χ2n) is 12.0. The lowest BCUT2D eigenvalue weighted by molar-refractivity contribution is 0.0700. The predicted octanol–water partition coefficient (Wildman–Crippen LogP) is 5.72. The van der Waals surface area contributed by atoms with Gasteiger partial charge in [-0.2, -0.15) is 0 Å². The molecule has 0 radical (unpaired) electrons. The van der Waals surface area contributed by atoms with Crippen LogP contribution in [-0.2, 0) is 11.3 Å². The molecule has 1 amide bonds. The van der Waals surface area contributed by atoms with E-state index in [2.05, 4.69) is 37.7 Å². The van der Waals surface area contributed by atoms with Crippen LogP contribution in [0.5, 0.6) is 0 Å². The van der Waals surface area contributed by atoms with Crippen molar-refractivity contribution in [2.75, 3.05) is 56.4 Å². The van der Waals surface area contributed by atoms with E-state index < -0.39 is 0 Å². The Hall–Kier alpha value is -4.63. The van der Waals surface area contributed by atoms with Crippen molar-refractivity contribution in [3.05, 3.63) is 90.9 Å². The minimum absolute atomic E-state index is 0.209. The van der Waals surface area contributed by atoms with Crippen LogP contribution in [0.2, 0.25) is 0 Å². The van der Waals surface area contributed by atoms with Crippen molar-refractivity contribution in [2.45, 2.75) is 25.9 Å². The summed E-state index contributed by atoms with van der Waals surface area (Å²) in [5, 5.41) is 3.20. The number of carbonyl (C=O) groups excluding carboxylic acids is 1. The third-order valence-electron chi connectivity index (χ3n) is 9.22. The van der Waals surface area contributed by atoms with Crippen molar-refractivity contribution in [3.8, 4) is 5.82 Å². The van der Waals surface area contributed by atoms with Crippen LogP contribution in [0.1, 0.15) is 24.8 Å². The van der Waals surface area contributed by atoms with Gasteiger partial charge in [0.2, 0.25) is 0 Å². The summed E-state index contributed by atoms with van der Waals surface area (Å²) < 4.78 is 7.60. The molecule has 0 aliphatic carbocycles. The van der Waals surface area contributed by atoms with Crippen LogP contribution < -0.4 is 10.6 Å². The van der Waals surface area contributed by atoms with E-state index in [-0.39, 0.29) is 6.09 Å². The monoisotopic (exact) mass is 589 g/mol. The van der Waals surface area contributed by atoms with E-state index in [1.807, 2.05) is 71.9 Å². The van der Waals surface area contributed by atoms with Crippen molar-refractivity contribution in [1.29, 1.82) is 0 Å². The number of anilines is 2. The van der Waals surface area contributed by atoms with E-state index in [0.717, 1.165) is 96.3 Å². The zero-order valence-corrected chi connectivity index (χ0v) is 25.0. The molecular formula is C35H39N7O2. The normalized spacial score (nSPS) is 16.5. The molecule has 2 N–H and O–H groups in total. The van der Waals surface area contributed by atoms with Gasteiger partial charge in [0.05, 0.1) is 11.7 Å². The summed E-state index contributed by atoms with van der Waals surface area (Å²) >= 11 is 0. The Morgan fingerprint density at radius 2 is 1.64 bits per heavy atom. The average Bonchev–Trinajstić information content (AvgIpc) is 3.51. The van der Waals surface area contributed by atoms with Gasteiger partial charge in [-0.15, -0.1) is 0 Å². The number of carbonyl (C=O) groups is 1. The molecule has 5 heterocycles. The third kappa shape index (κ3) is 6.05. The quantitative estimate of drug-likeness (QED) is 0.243. The van der Waals surface area contributed by atoms with Crippen LogP contribution in [0, 0.1) is 5.92 Å². The number of nitrogens with zero attached hydrogens (tertiary/aromatic N) is 6. The van der Waals surface area contributed by atoms with E-state index in [9.17, 15) is 4.79 Å². The van der Waals surface area contributed by atoms with Crippen molar-refractivity contribution >= 4 is 39.3 Å². The summed E-state index contributed by atoms with van der Waals surface area (Å²) in [5.41, 5.74) is 9.03. The second-order valence-corrected chi connectivity index (χ2v) is 12.0. The van der Waals surface area contributed by atoms with Crippen LogP contribution >= 0.6 is 0 Å². The summed E-state index contributed by atoms with van der Waals surface area (Å²) in [5.74, 6) is 2.60. The van der Waals surface area contributed by atoms with Crippen LogP contribution in [-0.4, -0.2) is 76.2 Å². The Balaban J connectivity index is 0.881. The van der Waals surface area contributed by atoms with Gasteiger partial charge in [0, 0.05) is 73.5 Å². The molecule has 0 saturated carbocycles. The minimum Gasteiger partial charge on any atom is -0.445 e. The highest BCUT2D eigenvalue weighted by molar-refractivity contribution is 5.93. The van der Waals surface area contributed by atoms with Crippen LogP contribution in [0.15, 0.2) is 85.3 Å². The van der Waals surface area contributed by atoms with E-state index in [1.165, 1.54) is 19.3 Å². The Morgan fingerprint density at radius 3 is 2.45 bits per heavy atom. The largest absolute Gasteiger partial charge is 0.445 e. The fourth-order valence-corrected chi connectivity index (χ4v) is 6.49. The number of ether oxygens (including phenoxy) is 1. The molecule has 0 atom stereocenters. The van der Waals surface area contributed by atoms with Gasteiger partial charge in [-0.05, 0) is 61.6 Å². The Labute approximate surface area is 257 Å². The lowest BCUT2D eigenvalue weighted by atomic mass is 9.93. The van der Waals surface area contributed by atoms with Crippen molar-refractivity contribution in [2.24, 2.45) is 5.92 Å². The van der Waals surface area contributed by atoms with Gasteiger partial charge in [-0.3, -0.25) is 9.47 Å². The molecule has 0 unspecified atom stereocenters. The molecule has 3 aromatic heterocycles. The number of benzene rings is 2. The van der Waals surface area contributed by atoms with E-state index in [1.54, 1.807) is 0 Å². The van der Waals surface area contributed by atoms with Gasteiger partial charge in [0.15, 0.2) is 0 Å². The number of aromatic nitrogens is 3. The number of fused-ring (bicyclic) bond motifs is 2. The molecule has 2 aliphatic rings. The number of hydrogen-bond donors (Lipinski definition) is 1. The first-order valence-electron chi connectivity index (χ1n) is 15.7. The number of piperazine rings is 1. The van der Waals surface area contributed by atoms with E-state index in [4.69, 9.17) is 15.5 Å². The Bertz CT molecular complexity index is 1740. The van der Waals surface area contributed by atoms with E-state index >= 15 is 0 Å². The maximum Gasteiger partial charge on any atom is 0.410 e. The molecule has 2 aliphatic heterocycles. The van der Waals surface area contributed by atoms with Gasteiger partial charge >= 0.3 is 6.09 Å². The molecule has 2 fully saturated rings. The maximum absolute atomic E-state index is 12.5. The molecule has 0 bridgehead atoms. The number of nitrogen functional groups attached to an aromatic ring is 1. The summed E-state index contributed by atoms with van der Waals surface area (Å²) in [4.78, 5) is 28.8. The van der Waals surface area contributed by atoms with Crippen molar-refractivity contribution < 1.29 is 9.53 Å². The van der Waals surface area contributed by atoms with Crippen molar-refractivity contribution in [1.82, 2.24) is 24.3 Å². The number of rotatable bonds is 7. The van der Waals surface area contributed by atoms with Gasteiger partial charge in [0.1, 0.15) is 18.2 Å². The molecule has 2 saturated heterocycles. The smallest absolute Gasteiger partial charge is 0.410 e. The highest BCUT2D eigenvalue weighted by atomic mass is 16.6. The van der Waals surface area contributed by atoms with Crippen LogP contribution in [0.25, 0.3) is 27.5 Å². The first-order valence-corrected chi connectivity index (χ1v) is 15.7. The maximum atomic E-state index is 12.5. The summed E-state index contributed by atoms with van der Waals surface area (Å²) in [6, 6.07) is 22.1. The number of pyridine rings is 2. The number of piperidine rings is 1. The first-order chi connectivity index (χ1) is 21.6. The molecule has 2 aromatic carbocycles. The minimum atomic E-state index is -0.209. The van der Waals surface area contributed by atoms with Crippen molar-refractivity contribution in [3.63, 3.8) is 0 Å². The zero-order chi connectivity index (χ0) is 29.9. The highest BCUT2D eigenvalue weighted by Gasteiger charge is 2.25. The predicted molar refractivity (Wildman–Crippen MR) is 175 cm³/mol. The fraction of sp³-hybridized carbons (Fsp3) is 0.343. The molecule has 9 heteroatoms. The Morgan fingerprint density at radius 1 is 0.841 bits per heavy atom. The van der Waals surface area contributed by atoms with E-state index in [0.29, 0.717) is 6.61 Å². The molecule has 9 nitrogen and oxygen atoms in total. The summed E-state index contributed by atoms with van der Waals surface area (Å²) in [7, 11) is 0. The zero-order valence-electron chi connectivity index (χ0n) is 25.0. The highest BCUT2D eigenvalue weighted by Crippen LogP contribution is 2.29. The SMILES string of the molecule is Nc1cccc2cnc(-n3ccc4cc(N5CCC(CCN6CCN(C(=O)OCc7ccccc7)CC6)CC5)ncc43)cc12. The van der Waals surface area contributed by atoms with Gasteiger partial charge in [-0.25, -0.2) is 14.8 Å². The average molecular weight is 590 g/mol. The van der Waals surface area contributed by atoms with Crippen LogP contribution in [0.3, 0.4) is 0 Å². The number of amides is 1. The molecule has 0 spiro atoms.